The molecule has 0 aliphatic heterocycles. The zero-order valence-electron chi connectivity index (χ0n) is 8.80. The highest BCUT2D eigenvalue weighted by Gasteiger charge is 2.09. The summed E-state index contributed by atoms with van der Waals surface area (Å²) in [5.41, 5.74) is 1.77. The highest BCUT2D eigenvalue weighted by atomic mass is 16.2. The molecule has 0 atom stereocenters. The lowest BCUT2D eigenvalue weighted by Crippen LogP contribution is -2.43. The number of hydrazine groups is 1. The van der Waals surface area contributed by atoms with Crippen LogP contribution < -0.4 is 16.6 Å². The van der Waals surface area contributed by atoms with E-state index in [1.165, 1.54) is 0 Å². The lowest BCUT2D eigenvalue weighted by Gasteiger charge is -2.05. The molecule has 0 saturated carbocycles. The average molecular weight is 201 g/mol. The van der Waals surface area contributed by atoms with Crippen molar-refractivity contribution in [1.82, 2.24) is 10.7 Å². The summed E-state index contributed by atoms with van der Waals surface area (Å²) in [6, 6.07) is 0. The van der Waals surface area contributed by atoms with Crippen LogP contribution in [-0.4, -0.2) is 18.4 Å². The first-order chi connectivity index (χ1) is 6.57. The molecule has 2 amide bonds. The molecule has 0 saturated heterocycles. The Balaban J connectivity index is 3.36. The van der Waals surface area contributed by atoms with Gasteiger partial charge in [-0.15, -0.1) is 0 Å². The summed E-state index contributed by atoms with van der Waals surface area (Å²) in [4.78, 5) is 21.5. The Labute approximate surface area is 84.4 Å². The predicted molar refractivity (Wildman–Crippen MR) is 54.0 cm³/mol. The van der Waals surface area contributed by atoms with Crippen molar-refractivity contribution < 1.29 is 9.59 Å². The van der Waals surface area contributed by atoms with Gasteiger partial charge in [0.05, 0.1) is 0 Å². The Hall–Kier alpha value is -1.10. The van der Waals surface area contributed by atoms with Crippen molar-refractivity contribution in [2.75, 3.05) is 6.54 Å². The summed E-state index contributed by atoms with van der Waals surface area (Å²) < 4.78 is 0. The van der Waals surface area contributed by atoms with Crippen molar-refractivity contribution in [3.05, 3.63) is 0 Å². The second-order valence-electron chi connectivity index (χ2n) is 3.62. The largest absolute Gasteiger partial charge is 0.348 e. The van der Waals surface area contributed by atoms with Crippen LogP contribution in [0.5, 0.6) is 0 Å². The van der Waals surface area contributed by atoms with Crippen LogP contribution in [0.4, 0.5) is 0 Å². The molecule has 0 aromatic heterocycles. The van der Waals surface area contributed by atoms with Crippen molar-refractivity contribution in [3.63, 3.8) is 0 Å². The zero-order chi connectivity index (χ0) is 11.0. The minimum Gasteiger partial charge on any atom is -0.348 e. The maximum atomic E-state index is 10.9. The van der Waals surface area contributed by atoms with E-state index in [0.717, 1.165) is 19.3 Å². The molecule has 0 aromatic rings. The van der Waals surface area contributed by atoms with Crippen LogP contribution >= 0.6 is 0 Å². The van der Waals surface area contributed by atoms with Crippen molar-refractivity contribution in [2.45, 2.75) is 33.1 Å². The van der Waals surface area contributed by atoms with Crippen LogP contribution in [0, 0.1) is 5.92 Å². The van der Waals surface area contributed by atoms with Crippen LogP contribution in [0.2, 0.25) is 0 Å². The second-order valence-corrected chi connectivity index (χ2v) is 3.62. The summed E-state index contributed by atoms with van der Waals surface area (Å²) in [5, 5.41) is 2.48. The van der Waals surface area contributed by atoms with Crippen LogP contribution in [0.25, 0.3) is 0 Å². The van der Waals surface area contributed by atoms with Gasteiger partial charge in [0.25, 0.3) is 0 Å². The number of amides is 2. The predicted octanol–water partition coefficient (Wildman–Crippen LogP) is -0.0812. The molecule has 0 fully saturated rings. The minimum absolute atomic E-state index is 0.527. The number of hydrogen-bond acceptors (Lipinski definition) is 3. The average Bonchev–Trinajstić information content (AvgIpc) is 2.15. The molecule has 0 unspecified atom stereocenters. The first-order valence-electron chi connectivity index (χ1n) is 4.86. The third kappa shape index (κ3) is 6.42. The molecule has 0 aliphatic carbocycles. The molecule has 0 heterocycles. The highest BCUT2D eigenvalue weighted by molar-refractivity contribution is 6.34. The van der Waals surface area contributed by atoms with E-state index in [-0.39, 0.29) is 0 Å². The fraction of sp³-hybridized carbons (Fsp3) is 0.778. The Kier molecular flexibility index (Phi) is 6.74. The van der Waals surface area contributed by atoms with Crippen molar-refractivity contribution in [1.29, 1.82) is 0 Å². The number of nitrogens with two attached hydrogens (primary N) is 1. The number of hydrogen-bond donors (Lipinski definition) is 3. The molecule has 0 rings (SSSR count). The van der Waals surface area contributed by atoms with E-state index in [1.807, 2.05) is 0 Å². The summed E-state index contributed by atoms with van der Waals surface area (Å²) in [7, 11) is 0. The highest BCUT2D eigenvalue weighted by Crippen LogP contribution is 2.04. The molecule has 14 heavy (non-hydrogen) atoms. The number of carbonyl (C=O) groups is 2. The number of nitrogens with one attached hydrogen (secondary N) is 2. The van der Waals surface area contributed by atoms with Crippen LogP contribution in [0.1, 0.15) is 33.1 Å². The molecule has 5 heteroatoms. The lowest BCUT2D eigenvalue weighted by molar-refractivity contribution is -0.139. The summed E-state index contributed by atoms with van der Waals surface area (Å²) in [6.45, 7) is 4.83. The Morgan fingerprint density at radius 1 is 1.21 bits per heavy atom. The summed E-state index contributed by atoms with van der Waals surface area (Å²) in [5.74, 6) is 3.99. The van der Waals surface area contributed by atoms with Gasteiger partial charge in [0, 0.05) is 6.54 Å². The molecule has 4 N–H and O–H groups in total. The minimum atomic E-state index is -0.797. The topological polar surface area (TPSA) is 84.2 Å². The molecule has 82 valence electrons. The second kappa shape index (κ2) is 7.32. The van der Waals surface area contributed by atoms with E-state index in [4.69, 9.17) is 5.84 Å². The molecular formula is C9H19N3O2. The molecule has 0 aromatic carbocycles. The van der Waals surface area contributed by atoms with E-state index >= 15 is 0 Å². The smallest absolute Gasteiger partial charge is 0.323 e. The van der Waals surface area contributed by atoms with Gasteiger partial charge in [-0.3, -0.25) is 15.0 Å². The maximum Gasteiger partial charge on any atom is 0.323 e. The third-order valence-corrected chi connectivity index (χ3v) is 1.83. The van der Waals surface area contributed by atoms with Gasteiger partial charge in [0.15, 0.2) is 0 Å². The van der Waals surface area contributed by atoms with Crippen LogP contribution in [-0.2, 0) is 9.59 Å². The van der Waals surface area contributed by atoms with Gasteiger partial charge in [0.1, 0.15) is 0 Å². The monoisotopic (exact) mass is 201 g/mol. The quantitative estimate of drug-likeness (QED) is 0.191. The van der Waals surface area contributed by atoms with E-state index < -0.39 is 11.8 Å². The SMILES string of the molecule is CC(C)CCCCNC(=O)C(=O)NN. The first-order valence-corrected chi connectivity index (χ1v) is 4.86. The summed E-state index contributed by atoms with van der Waals surface area (Å²) >= 11 is 0. The third-order valence-electron chi connectivity index (χ3n) is 1.83. The number of unbranched alkanes of at least 4 members (excludes halogenated alkanes) is 1. The van der Waals surface area contributed by atoms with Gasteiger partial charge in [-0.2, -0.15) is 0 Å². The fourth-order valence-electron chi connectivity index (χ4n) is 1.03. The molecule has 0 aliphatic rings. The van der Waals surface area contributed by atoms with Crippen molar-refractivity contribution in [2.24, 2.45) is 11.8 Å². The maximum absolute atomic E-state index is 10.9. The zero-order valence-corrected chi connectivity index (χ0v) is 8.80. The fourth-order valence-corrected chi connectivity index (χ4v) is 1.03. The van der Waals surface area contributed by atoms with Gasteiger partial charge >= 0.3 is 11.8 Å². The van der Waals surface area contributed by atoms with Gasteiger partial charge in [-0.25, -0.2) is 5.84 Å². The van der Waals surface area contributed by atoms with Crippen LogP contribution in [0.15, 0.2) is 0 Å². The van der Waals surface area contributed by atoms with E-state index in [2.05, 4.69) is 19.2 Å². The van der Waals surface area contributed by atoms with Gasteiger partial charge in [0.2, 0.25) is 0 Å². The van der Waals surface area contributed by atoms with Crippen LogP contribution in [0.3, 0.4) is 0 Å². The molecule has 0 bridgehead atoms. The van der Waals surface area contributed by atoms with Crippen molar-refractivity contribution >= 4 is 11.8 Å². The first kappa shape index (κ1) is 12.9. The van der Waals surface area contributed by atoms with E-state index in [9.17, 15) is 9.59 Å². The summed E-state index contributed by atoms with van der Waals surface area (Å²) in [6.07, 6.45) is 3.09. The van der Waals surface area contributed by atoms with Crippen molar-refractivity contribution in [3.8, 4) is 0 Å². The Morgan fingerprint density at radius 3 is 2.36 bits per heavy atom. The van der Waals surface area contributed by atoms with E-state index in [1.54, 1.807) is 5.43 Å². The van der Waals surface area contributed by atoms with Gasteiger partial charge in [-0.1, -0.05) is 26.7 Å². The molecule has 0 radical (unpaired) electrons. The Bertz CT molecular complexity index is 192. The molecule has 5 nitrogen and oxygen atoms in total. The number of carbonyl (C=O) groups excluding carboxylic acids is 2. The Morgan fingerprint density at radius 2 is 1.86 bits per heavy atom. The van der Waals surface area contributed by atoms with Gasteiger partial charge in [-0.05, 0) is 12.3 Å². The van der Waals surface area contributed by atoms with E-state index in [0.29, 0.717) is 12.5 Å². The standard InChI is InChI=1S/C9H19N3O2/c1-7(2)5-3-4-6-11-8(13)9(14)12-10/h7H,3-6,10H2,1-2H3,(H,11,13)(H,12,14). The normalized spacial score (nSPS) is 10.0. The molecular weight excluding hydrogens is 182 g/mol. The lowest BCUT2D eigenvalue weighted by atomic mass is 10.1. The molecule has 0 spiro atoms. The number of rotatable bonds is 5. The van der Waals surface area contributed by atoms with Gasteiger partial charge < -0.3 is 5.32 Å².